The molecule has 0 radical (unpaired) electrons. The summed E-state index contributed by atoms with van der Waals surface area (Å²) >= 11 is 0. The fraction of sp³-hybridized carbons (Fsp3) is 0.0638. The maximum absolute atomic E-state index is 5.00. The number of hydrogen-bond acceptors (Lipinski definition) is 2. The summed E-state index contributed by atoms with van der Waals surface area (Å²) in [6.07, 6.45) is 9.60. The normalized spacial score (nSPS) is 12.7. The fourth-order valence-corrected chi connectivity index (χ4v) is 7.77. The van der Waals surface area contributed by atoms with Gasteiger partial charge in [-0.2, -0.15) is 0 Å². The van der Waals surface area contributed by atoms with Crippen LogP contribution in [0, 0.1) is 0 Å². The minimum atomic E-state index is 0.940. The zero-order chi connectivity index (χ0) is 34.1. The van der Waals surface area contributed by atoms with Crippen molar-refractivity contribution in [3.63, 3.8) is 0 Å². The first-order chi connectivity index (χ1) is 25.1. The molecule has 242 valence electrons. The maximum Gasteiger partial charge on any atom is 0.140 e. The lowest BCUT2D eigenvalue weighted by atomic mass is 9.89. The number of benzene rings is 7. The summed E-state index contributed by atoms with van der Waals surface area (Å²) in [5.74, 6) is 1.96. The lowest BCUT2D eigenvalue weighted by Crippen LogP contribution is -1.95. The number of fused-ring (bicyclic) bond motifs is 5. The maximum atomic E-state index is 5.00. The van der Waals surface area contributed by atoms with E-state index in [4.69, 9.17) is 9.97 Å². The number of para-hydroxylation sites is 2. The van der Waals surface area contributed by atoms with E-state index in [1.165, 1.54) is 54.6 Å². The average Bonchev–Trinajstić information content (AvgIpc) is 3.56. The Balaban J connectivity index is 1.06. The van der Waals surface area contributed by atoms with Gasteiger partial charge in [-0.3, -0.25) is 0 Å². The summed E-state index contributed by atoms with van der Waals surface area (Å²) in [6.45, 7) is 0. The quantitative estimate of drug-likeness (QED) is 0.189. The van der Waals surface area contributed by atoms with Crippen LogP contribution in [0.15, 0.2) is 146 Å². The molecule has 0 amide bonds. The van der Waals surface area contributed by atoms with Crippen LogP contribution >= 0.6 is 0 Å². The Kier molecular flexibility index (Phi) is 6.65. The number of allylic oxidation sites excluding steroid dienone is 2. The molecule has 2 aromatic heterocycles. The van der Waals surface area contributed by atoms with Crippen molar-refractivity contribution in [2.24, 2.45) is 14.1 Å². The second-order valence-electron chi connectivity index (χ2n) is 13.6. The highest BCUT2D eigenvalue weighted by Gasteiger charge is 2.16. The van der Waals surface area contributed by atoms with Gasteiger partial charge in [0.1, 0.15) is 11.6 Å². The van der Waals surface area contributed by atoms with Crippen LogP contribution in [0.2, 0.25) is 0 Å². The SMILES string of the molecule is Cn1c(-c2ccc3cc(-c4cc5ccccc5cc4-c4ccc5cc(-c6nc7ccccc7n6C)ccc5c4)ccc3c2)nc2c1C=CCC=C2. The van der Waals surface area contributed by atoms with Gasteiger partial charge >= 0.3 is 0 Å². The Labute approximate surface area is 296 Å². The van der Waals surface area contributed by atoms with Crippen LogP contribution in [0.5, 0.6) is 0 Å². The van der Waals surface area contributed by atoms with E-state index in [2.05, 4.69) is 175 Å². The number of aromatic nitrogens is 4. The molecule has 0 saturated carbocycles. The predicted octanol–water partition coefficient (Wildman–Crippen LogP) is 11.9. The molecule has 0 aliphatic heterocycles. The zero-order valence-corrected chi connectivity index (χ0v) is 28.5. The number of imidazole rings is 2. The third-order valence-electron chi connectivity index (χ3n) is 10.5. The summed E-state index contributed by atoms with van der Waals surface area (Å²) in [7, 11) is 4.20. The summed E-state index contributed by atoms with van der Waals surface area (Å²) in [5.41, 5.74) is 11.4. The largest absolute Gasteiger partial charge is 0.327 e. The Morgan fingerprint density at radius 2 is 0.941 bits per heavy atom. The molecule has 0 unspecified atom stereocenters. The molecule has 0 fully saturated rings. The fourth-order valence-electron chi connectivity index (χ4n) is 7.77. The molecule has 2 heterocycles. The zero-order valence-electron chi connectivity index (χ0n) is 28.5. The van der Waals surface area contributed by atoms with Crippen LogP contribution in [0.4, 0.5) is 0 Å². The molecular formula is C47H34N4. The van der Waals surface area contributed by atoms with Crippen molar-refractivity contribution >= 4 is 55.5 Å². The van der Waals surface area contributed by atoms with E-state index < -0.39 is 0 Å². The minimum Gasteiger partial charge on any atom is -0.327 e. The van der Waals surface area contributed by atoms with Crippen molar-refractivity contribution in [1.82, 2.24) is 19.1 Å². The second-order valence-corrected chi connectivity index (χ2v) is 13.6. The Morgan fingerprint density at radius 1 is 0.451 bits per heavy atom. The Hall–Kier alpha value is -6.52. The van der Waals surface area contributed by atoms with Crippen LogP contribution in [0.3, 0.4) is 0 Å². The van der Waals surface area contributed by atoms with Crippen LogP contribution in [0.25, 0.3) is 101 Å². The van der Waals surface area contributed by atoms with Gasteiger partial charge in [-0.25, -0.2) is 9.97 Å². The standard InChI is InChI=1S/C47H34N4/c1-50-44-14-5-3-4-12-42(44)48-46(50)38-22-18-32-24-36(20-16-34(32)26-38)40-28-30-10-6-7-11-31(30)29-41(40)37-21-17-35-27-39(23-19-33(35)25-37)47-49-43-13-8-9-15-45(43)51(47)2/h4-29H,3H2,1-2H3. The van der Waals surface area contributed by atoms with E-state index in [9.17, 15) is 0 Å². The van der Waals surface area contributed by atoms with Gasteiger partial charge in [-0.05, 0) is 122 Å². The second kappa shape index (κ2) is 11.5. The number of nitrogens with zero attached hydrogens (tertiary/aromatic N) is 4. The smallest absolute Gasteiger partial charge is 0.140 e. The lowest BCUT2D eigenvalue weighted by Gasteiger charge is -2.15. The Bertz CT molecular complexity index is 2920. The lowest BCUT2D eigenvalue weighted by molar-refractivity contribution is 0.913. The molecule has 1 aliphatic carbocycles. The van der Waals surface area contributed by atoms with Crippen molar-refractivity contribution in [1.29, 1.82) is 0 Å². The predicted molar refractivity (Wildman–Crippen MR) is 214 cm³/mol. The van der Waals surface area contributed by atoms with Gasteiger partial charge in [0.05, 0.1) is 22.4 Å². The van der Waals surface area contributed by atoms with Crippen LogP contribution in [-0.4, -0.2) is 19.1 Å². The van der Waals surface area contributed by atoms with Gasteiger partial charge in [-0.15, -0.1) is 0 Å². The van der Waals surface area contributed by atoms with Gasteiger partial charge in [-0.1, -0.05) is 97.1 Å². The molecule has 7 aromatic carbocycles. The molecule has 9 aromatic rings. The van der Waals surface area contributed by atoms with Gasteiger partial charge in [0.2, 0.25) is 0 Å². The topological polar surface area (TPSA) is 35.6 Å². The summed E-state index contributed by atoms with van der Waals surface area (Å²) < 4.78 is 4.38. The van der Waals surface area contributed by atoms with Crippen molar-refractivity contribution in [3.05, 3.63) is 157 Å². The van der Waals surface area contributed by atoms with Crippen LogP contribution in [-0.2, 0) is 14.1 Å². The molecule has 0 N–H and O–H groups in total. The van der Waals surface area contributed by atoms with Crippen molar-refractivity contribution in [3.8, 4) is 45.0 Å². The van der Waals surface area contributed by atoms with Gasteiger partial charge in [0, 0.05) is 25.2 Å². The van der Waals surface area contributed by atoms with E-state index in [1.54, 1.807) is 0 Å². The average molecular weight is 655 g/mol. The van der Waals surface area contributed by atoms with Crippen molar-refractivity contribution in [2.75, 3.05) is 0 Å². The Morgan fingerprint density at radius 3 is 1.55 bits per heavy atom. The first-order valence-electron chi connectivity index (χ1n) is 17.5. The number of hydrogen-bond donors (Lipinski definition) is 0. The summed E-state index contributed by atoms with van der Waals surface area (Å²) in [5, 5.41) is 7.28. The summed E-state index contributed by atoms with van der Waals surface area (Å²) in [4.78, 5) is 9.95. The van der Waals surface area contributed by atoms with E-state index in [0.29, 0.717) is 0 Å². The molecule has 0 saturated heterocycles. The highest BCUT2D eigenvalue weighted by atomic mass is 15.1. The van der Waals surface area contributed by atoms with Gasteiger partial charge in [0.15, 0.2) is 0 Å². The molecule has 1 aliphatic rings. The monoisotopic (exact) mass is 654 g/mol. The molecule has 4 heteroatoms. The van der Waals surface area contributed by atoms with Gasteiger partial charge < -0.3 is 9.13 Å². The van der Waals surface area contributed by atoms with E-state index in [-0.39, 0.29) is 0 Å². The van der Waals surface area contributed by atoms with Crippen LogP contribution < -0.4 is 0 Å². The number of aryl methyl sites for hydroxylation is 1. The van der Waals surface area contributed by atoms with Crippen LogP contribution in [0.1, 0.15) is 17.8 Å². The first kappa shape index (κ1) is 29.4. The number of rotatable bonds is 4. The molecular weight excluding hydrogens is 621 g/mol. The van der Waals surface area contributed by atoms with Gasteiger partial charge in [0.25, 0.3) is 0 Å². The molecule has 0 spiro atoms. The third-order valence-corrected chi connectivity index (χ3v) is 10.5. The minimum absolute atomic E-state index is 0.940. The first-order valence-corrected chi connectivity index (χ1v) is 17.5. The highest BCUT2D eigenvalue weighted by molar-refractivity contribution is 6.01. The highest BCUT2D eigenvalue weighted by Crippen LogP contribution is 2.39. The van der Waals surface area contributed by atoms with Crippen molar-refractivity contribution < 1.29 is 0 Å². The third kappa shape index (κ3) is 4.91. The molecule has 0 bridgehead atoms. The molecule has 0 atom stereocenters. The van der Waals surface area contributed by atoms with Crippen molar-refractivity contribution in [2.45, 2.75) is 6.42 Å². The molecule has 4 nitrogen and oxygen atoms in total. The van der Waals surface area contributed by atoms with E-state index in [0.717, 1.165) is 51.6 Å². The van der Waals surface area contributed by atoms with E-state index >= 15 is 0 Å². The summed E-state index contributed by atoms with van der Waals surface area (Å²) in [6, 6.07) is 48.7. The molecule has 51 heavy (non-hydrogen) atoms. The molecule has 10 rings (SSSR count). The van der Waals surface area contributed by atoms with E-state index in [1.807, 2.05) is 6.07 Å².